The van der Waals surface area contributed by atoms with Crippen molar-refractivity contribution in [1.82, 2.24) is 9.97 Å². The Bertz CT molecular complexity index is 2510. The van der Waals surface area contributed by atoms with E-state index in [1.165, 1.54) is 16.3 Å². The van der Waals surface area contributed by atoms with Crippen LogP contribution >= 0.6 is 0 Å². The third-order valence-corrected chi connectivity index (χ3v) is 8.47. The second-order valence-electron chi connectivity index (χ2n) is 11.0. The molecule has 3 heteroatoms. The first-order valence-electron chi connectivity index (χ1n) is 14.5. The SMILES string of the molecule is c1ccc2cc(-c3ccc(-c4nc(-c5cccc6ccc7c8ccccc8oc7c56)c5ccccc5n4)cc3)ccc2c1. The average Bonchev–Trinajstić information content (AvgIpc) is 3.46. The molecular weight excluding hydrogens is 524 g/mol. The molecule has 3 nitrogen and oxygen atoms in total. The molecule has 0 amide bonds. The van der Waals surface area contributed by atoms with Crippen molar-refractivity contribution in [3.8, 4) is 33.8 Å². The summed E-state index contributed by atoms with van der Waals surface area (Å²) in [6, 6.07) is 50.8. The molecule has 7 aromatic carbocycles. The maximum atomic E-state index is 6.49. The molecule has 0 aliphatic carbocycles. The maximum absolute atomic E-state index is 6.49. The van der Waals surface area contributed by atoms with Crippen molar-refractivity contribution < 1.29 is 4.42 Å². The van der Waals surface area contributed by atoms with Crippen molar-refractivity contribution in [3.63, 3.8) is 0 Å². The van der Waals surface area contributed by atoms with E-state index in [9.17, 15) is 0 Å². The molecule has 0 saturated carbocycles. The molecule has 2 heterocycles. The lowest BCUT2D eigenvalue weighted by Gasteiger charge is -2.12. The molecule has 0 bridgehead atoms. The van der Waals surface area contributed by atoms with Crippen LogP contribution in [0.25, 0.3) is 88.2 Å². The summed E-state index contributed by atoms with van der Waals surface area (Å²) >= 11 is 0. The van der Waals surface area contributed by atoms with Crippen LogP contribution < -0.4 is 0 Å². The van der Waals surface area contributed by atoms with Gasteiger partial charge in [-0.1, -0.05) is 121 Å². The third kappa shape index (κ3) is 3.83. The van der Waals surface area contributed by atoms with E-state index in [-0.39, 0.29) is 0 Å². The Balaban J connectivity index is 1.23. The van der Waals surface area contributed by atoms with Crippen molar-refractivity contribution in [2.45, 2.75) is 0 Å². The highest BCUT2D eigenvalue weighted by Crippen LogP contribution is 2.40. The van der Waals surface area contributed by atoms with Crippen molar-refractivity contribution in [2.24, 2.45) is 0 Å². The summed E-state index contributed by atoms with van der Waals surface area (Å²) in [5.41, 5.74) is 7.96. The van der Waals surface area contributed by atoms with Gasteiger partial charge in [0.15, 0.2) is 5.82 Å². The number of hydrogen-bond donors (Lipinski definition) is 0. The summed E-state index contributed by atoms with van der Waals surface area (Å²) in [6.07, 6.45) is 0. The van der Waals surface area contributed by atoms with E-state index in [2.05, 4.69) is 127 Å². The molecule has 0 fully saturated rings. The molecule has 2 aromatic heterocycles. The van der Waals surface area contributed by atoms with Crippen LogP contribution in [0.5, 0.6) is 0 Å². The van der Waals surface area contributed by atoms with Gasteiger partial charge < -0.3 is 4.42 Å². The van der Waals surface area contributed by atoms with Gasteiger partial charge in [-0.3, -0.25) is 0 Å². The Morgan fingerprint density at radius 1 is 0.442 bits per heavy atom. The van der Waals surface area contributed by atoms with Crippen LogP contribution in [0.2, 0.25) is 0 Å². The number of furan rings is 1. The zero-order chi connectivity index (χ0) is 28.3. The van der Waals surface area contributed by atoms with E-state index in [4.69, 9.17) is 14.4 Å². The van der Waals surface area contributed by atoms with E-state index >= 15 is 0 Å². The van der Waals surface area contributed by atoms with Gasteiger partial charge in [0.25, 0.3) is 0 Å². The number of fused-ring (bicyclic) bond motifs is 7. The predicted octanol–water partition coefficient (Wildman–Crippen LogP) is 10.8. The molecule has 0 aliphatic rings. The lowest BCUT2D eigenvalue weighted by atomic mass is 9.97. The van der Waals surface area contributed by atoms with E-state index in [0.29, 0.717) is 5.82 Å². The molecule has 200 valence electrons. The Kier molecular flexibility index (Phi) is 5.20. The van der Waals surface area contributed by atoms with E-state index in [1.807, 2.05) is 18.2 Å². The Hall–Kier alpha value is -5.80. The number of benzene rings is 7. The summed E-state index contributed by atoms with van der Waals surface area (Å²) in [5.74, 6) is 0.701. The van der Waals surface area contributed by atoms with E-state index < -0.39 is 0 Å². The lowest BCUT2D eigenvalue weighted by molar-refractivity contribution is 0.673. The quantitative estimate of drug-likeness (QED) is 0.220. The summed E-state index contributed by atoms with van der Waals surface area (Å²) < 4.78 is 6.49. The van der Waals surface area contributed by atoms with Crippen LogP contribution in [-0.4, -0.2) is 9.97 Å². The average molecular weight is 549 g/mol. The van der Waals surface area contributed by atoms with Crippen LogP contribution in [0.15, 0.2) is 150 Å². The zero-order valence-corrected chi connectivity index (χ0v) is 23.2. The molecule has 0 spiro atoms. The van der Waals surface area contributed by atoms with Gasteiger partial charge in [-0.15, -0.1) is 0 Å². The first kappa shape index (κ1) is 23.9. The number of aromatic nitrogens is 2. The monoisotopic (exact) mass is 548 g/mol. The summed E-state index contributed by atoms with van der Waals surface area (Å²) in [4.78, 5) is 10.3. The predicted molar refractivity (Wildman–Crippen MR) is 178 cm³/mol. The zero-order valence-electron chi connectivity index (χ0n) is 23.2. The standard InChI is InChI=1S/C40H24N2O/c1-2-9-29-24-30(21-18-25(29)8-1)26-16-19-28(20-17-26)40-41-35-14-5-3-12-33(35)38(42-40)34-13-7-10-27-22-23-32-31-11-4-6-15-36(31)43-39(32)37(27)34/h1-24H. The van der Waals surface area contributed by atoms with Crippen molar-refractivity contribution in [2.75, 3.05) is 0 Å². The maximum Gasteiger partial charge on any atom is 0.160 e. The minimum absolute atomic E-state index is 0.701. The highest BCUT2D eigenvalue weighted by atomic mass is 16.3. The summed E-state index contributed by atoms with van der Waals surface area (Å²) in [7, 11) is 0. The highest BCUT2D eigenvalue weighted by Gasteiger charge is 2.18. The molecule has 0 atom stereocenters. The molecule has 0 radical (unpaired) electrons. The highest BCUT2D eigenvalue weighted by molar-refractivity contribution is 6.19. The first-order valence-corrected chi connectivity index (χ1v) is 14.5. The van der Waals surface area contributed by atoms with Gasteiger partial charge in [0.05, 0.1) is 11.2 Å². The van der Waals surface area contributed by atoms with Crippen LogP contribution in [0, 0.1) is 0 Å². The number of hydrogen-bond acceptors (Lipinski definition) is 3. The van der Waals surface area contributed by atoms with Crippen LogP contribution in [0.4, 0.5) is 0 Å². The van der Waals surface area contributed by atoms with Gasteiger partial charge >= 0.3 is 0 Å². The number of para-hydroxylation sites is 2. The molecule has 43 heavy (non-hydrogen) atoms. The number of nitrogens with zero attached hydrogens (tertiary/aromatic N) is 2. The van der Waals surface area contributed by atoms with Crippen molar-refractivity contribution in [3.05, 3.63) is 146 Å². The lowest BCUT2D eigenvalue weighted by Crippen LogP contribution is -1.96. The van der Waals surface area contributed by atoms with Crippen molar-refractivity contribution >= 4 is 54.4 Å². The normalized spacial score (nSPS) is 11.7. The second kappa shape index (κ2) is 9.37. The van der Waals surface area contributed by atoms with Gasteiger partial charge in [-0.25, -0.2) is 9.97 Å². The fourth-order valence-corrected chi connectivity index (χ4v) is 6.34. The van der Waals surface area contributed by atoms with Crippen LogP contribution in [-0.2, 0) is 0 Å². The topological polar surface area (TPSA) is 38.9 Å². The van der Waals surface area contributed by atoms with E-state index in [1.54, 1.807) is 0 Å². The fraction of sp³-hybridized carbons (Fsp3) is 0. The number of rotatable bonds is 3. The van der Waals surface area contributed by atoms with Gasteiger partial charge in [0, 0.05) is 32.7 Å². The minimum Gasteiger partial charge on any atom is -0.455 e. The van der Waals surface area contributed by atoms with Crippen LogP contribution in [0.3, 0.4) is 0 Å². The fourth-order valence-electron chi connectivity index (χ4n) is 6.34. The smallest absolute Gasteiger partial charge is 0.160 e. The van der Waals surface area contributed by atoms with E-state index in [0.717, 1.165) is 66.0 Å². The molecule has 0 N–H and O–H groups in total. The molecule has 0 aliphatic heterocycles. The van der Waals surface area contributed by atoms with Gasteiger partial charge in [-0.05, 0) is 51.6 Å². The van der Waals surface area contributed by atoms with Crippen molar-refractivity contribution in [1.29, 1.82) is 0 Å². The molecule has 9 rings (SSSR count). The molecule has 0 saturated heterocycles. The Labute approximate surface area is 247 Å². The van der Waals surface area contributed by atoms with Gasteiger partial charge in [-0.2, -0.15) is 0 Å². The molecular formula is C40H24N2O. The van der Waals surface area contributed by atoms with Gasteiger partial charge in [0.1, 0.15) is 11.2 Å². The molecule has 9 aromatic rings. The second-order valence-corrected chi connectivity index (χ2v) is 11.0. The third-order valence-electron chi connectivity index (χ3n) is 8.47. The summed E-state index contributed by atoms with van der Waals surface area (Å²) in [6.45, 7) is 0. The Morgan fingerprint density at radius 3 is 2.05 bits per heavy atom. The minimum atomic E-state index is 0.701. The van der Waals surface area contributed by atoms with Crippen LogP contribution in [0.1, 0.15) is 0 Å². The summed E-state index contributed by atoms with van der Waals surface area (Å²) in [5, 5.41) is 7.91. The Morgan fingerprint density at radius 2 is 1.14 bits per heavy atom. The molecule has 0 unspecified atom stereocenters. The largest absolute Gasteiger partial charge is 0.455 e. The van der Waals surface area contributed by atoms with Gasteiger partial charge in [0.2, 0.25) is 0 Å². The first-order chi connectivity index (χ1) is 21.3.